The second-order valence-electron chi connectivity index (χ2n) is 7.54. The number of halogens is 1. The van der Waals surface area contributed by atoms with Crippen LogP contribution >= 0.6 is 15.9 Å². The molecule has 0 fully saturated rings. The molecule has 0 aliphatic heterocycles. The highest BCUT2D eigenvalue weighted by molar-refractivity contribution is 9.08. The first kappa shape index (κ1) is 20.3. The van der Waals surface area contributed by atoms with Crippen molar-refractivity contribution in [3.63, 3.8) is 0 Å². The summed E-state index contributed by atoms with van der Waals surface area (Å²) in [5.74, 6) is 0.596. The minimum Gasteiger partial charge on any atom is -0.144 e. The zero-order chi connectivity index (χ0) is 21.8. The Morgan fingerprint density at radius 3 is 1.53 bits per heavy atom. The summed E-state index contributed by atoms with van der Waals surface area (Å²) in [6.07, 6.45) is 0. The number of nitrogens with zero attached hydrogens (tertiary/aromatic N) is 4. The molecule has 0 aliphatic carbocycles. The van der Waals surface area contributed by atoms with Gasteiger partial charge in [-0.25, -0.2) is 0 Å². The van der Waals surface area contributed by atoms with Crippen molar-refractivity contribution in [1.29, 1.82) is 0 Å². The van der Waals surface area contributed by atoms with Crippen LogP contribution in [0.25, 0.3) is 11.4 Å². The van der Waals surface area contributed by atoms with Crippen LogP contribution in [0.2, 0.25) is 0 Å². The lowest BCUT2D eigenvalue weighted by molar-refractivity contribution is 0.396. The van der Waals surface area contributed by atoms with E-state index in [1.807, 2.05) is 66.7 Å². The van der Waals surface area contributed by atoms with Crippen molar-refractivity contribution < 1.29 is 0 Å². The van der Waals surface area contributed by atoms with Crippen molar-refractivity contribution in [2.24, 2.45) is 0 Å². The van der Waals surface area contributed by atoms with Crippen molar-refractivity contribution in [2.75, 3.05) is 0 Å². The molecule has 4 aromatic carbocycles. The van der Waals surface area contributed by atoms with E-state index in [1.54, 1.807) is 4.80 Å². The Kier molecular flexibility index (Phi) is 5.65. The molecule has 0 bridgehead atoms. The molecule has 0 saturated carbocycles. The van der Waals surface area contributed by atoms with Crippen LogP contribution < -0.4 is 0 Å². The van der Waals surface area contributed by atoms with Crippen molar-refractivity contribution in [3.8, 4) is 11.4 Å². The molecule has 0 unspecified atom stereocenters. The Hall–Kier alpha value is -3.57. The van der Waals surface area contributed by atoms with E-state index in [0.29, 0.717) is 5.82 Å². The minimum absolute atomic E-state index is 0.596. The van der Waals surface area contributed by atoms with Gasteiger partial charge in [0.2, 0.25) is 5.82 Å². The first-order valence-electron chi connectivity index (χ1n) is 10.4. The molecular weight excluding hydrogens is 460 g/mol. The molecule has 0 radical (unpaired) electrons. The highest BCUT2D eigenvalue weighted by Crippen LogP contribution is 2.39. The van der Waals surface area contributed by atoms with Gasteiger partial charge in [0.15, 0.2) is 5.54 Å². The third kappa shape index (κ3) is 3.55. The van der Waals surface area contributed by atoms with Crippen LogP contribution in [0.1, 0.15) is 22.3 Å². The average molecular weight is 481 g/mol. The molecule has 0 N–H and O–H groups in total. The van der Waals surface area contributed by atoms with E-state index >= 15 is 0 Å². The molecule has 0 aliphatic rings. The molecule has 32 heavy (non-hydrogen) atoms. The largest absolute Gasteiger partial charge is 0.204 e. The number of aromatic nitrogens is 4. The number of rotatable bonds is 6. The smallest absolute Gasteiger partial charge is 0.144 e. The second kappa shape index (κ2) is 8.89. The number of tetrazole rings is 1. The number of alkyl halides is 1. The van der Waals surface area contributed by atoms with E-state index in [1.165, 1.54) is 5.56 Å². The minimum atomic E-state index is -0.759. The van der Waals surface area contributed by atoms with Gasteiger partial charge < -0.3 is 0 Å². The van der Waals surface area contributed by atoms with Crippen molar-refractivity contribution in [1.82, 2.24) is 20.2 Å². The molecular formula is C27H21BrN4. The normalized spacial score (nSPS) is 11.4. The summed E-state index contributed by atoms with van der Waals surface area (Å²) in [7, 11) is 0. The topological polar surface area (TPSA) is 43.6 Å². The highest BCUT2D eigenvalue weighted by atomic mass is 79.9. The lowest BCUT2D eigenvalue weighted by atomic mass is 9.77. The molecule has 5 rings (SSSR count). The lowest BCUT2D eigenvalue weighted by Gasteiger charge is -2.34. The Labute approximate surface area is 195 Å². The van der Waals surface area contributed by atoms with Crippen LogP contribution in [0, 0.1) is 0 Å². The van der Waals surface area contributed by atoms with E-state index < -0.39 is 5.54 Å². The van der Waals surface area contributed by atoms with Gasteiger partial charge in [0.25, 0.3) is 0 Å². The van der Waals surface area contributed by atoms with E-state index in [2.05, 4.69) is 74.8 Å². The van der Waals surface area contributed by atoms with Gasteiger partial charge in [0.1, 0.15) is 0 Å². The maximum atomic E-state index is 4.92. The standard InChI is InChI=1S/C27H21BrN4/c28-20-21-16-18-22(19-17-21)26-29-31-32(30-26)27(23-10-4-1-5-11-23,24-12-6-2-7-13-24)25-14-8-3-9-15-25/h1-19H,20H2. The van der Waals surface area contributed by atoms with Gasteiger partial charge in [-0.05, 0) is 27.5 Å². The molecule has 4 nitrogen and oxygen atoms in total. The third-order valence-corrected chi connectivity index (χ3v) is 6.30. The van der Waals surface area contributed by atoms with Crippen molar-refractivity contribution in [2.45, 2.75) is 10.9 Å². The predicted molar refractivity (Wildman–Crippen MR) is 130 cm³/mol. The molecule has 1 aromatic heterocycles. The van der Waals surface area contributed by atoms with Crippen LogP contribution in [-0.2, 0) is 10.9 Å². The van der Waals surface area contributed by atoms with Crippen molar-refractivity contribution >= 4 is 15.9 Å². The maximum Gasteiger partial charge on any atom is 0.204 e. The molecule has 5 heteroatoms. The summed E-state index contributed by atoms with van der Waals surface area (Å²) >= 11 is 3.50. The summed E-state index contributed by atoms with van der Waals surface area (Å²) in [5, 5.41) is 14.8. The fourth-order valence-corrected chi connectivity index (χ4v) is 4.47. The third-order valence-electron chi connectivity index (χ3n) is 5.65. The number of hydrogen-bond donors (Lipinski definition) is 0. The van der Waals surface area contributed by atoms with E-state index in [4.69, 9.17) is 5.10 Å². The molecule has 5 aromatic rings. The second-order valence-corrected chi connectivity index (χ2v) is 8.10. The average Bonchev–Trinajstić information content (AvgIpc) is 3.37. The van der Waals surface area contributed by atoms with Gasteiger partial charge in [0.05, 0.1) is 0 Å². The first-order chi connectivity index (χ1) is 15.8. The molecule has 0 atom stereocenters. The zero-order valence-corrected chi connectivity index (χ0v) is 18.9. The lowest BCUT2D eigenvalue weighted by Crippen LogP contribution is -2.39. The molecule has 156 valence electrons. The monoisotopic (exact) mass is 480 g/mol. The number of benzene rings is 4. The SMILES string of the molecule is BrCc1ccc(-c2nnn(C(c3ccccc3)(c3ccccc3)c3ccccc3)n2)cc1. The maximum absolute atomic E-state index is 4.92. The van der Waals surface area contributed by atoms with E-state index in [-0.39, 0.29) is 0 Å². The molecule has 0 amide bonds. The van der Waals surface area contributed by atoms with Crippen LogP contribution in [0.3, 0.4) is 0 Å². The fourth-order valence-electron chi connectivity index (χ4n) is 4.10. The van der Waals surface area contributed by atoms with Gasteiger partial charge in [-0.1, -0.05) is 131 Å². The summed E-state index contributed by atoms with van der Waals surface area (Å²) in [5.41, 5.74) is 4.57. The Morgan fingerprint density at radius 2 is 1.09 bits per heavy atom. The van der Waals surface area contributed by atoms with Gasteiger partial charge >= 0.3 is 0 Å². The zero-order valence-electron chi connectivity index (χ0n) is 17.3. The summed E-state index contributed by atoms with van der Waals surface area (Å²) < 4.78 is 0. The van der Waals surface area contributed by atoms with Crippen molar-refractivity contribution in [3.05, 3.63) is 138 Å². The Bertz CT molecular complexity index is 1190. The van der Waals surface area contributed by atoms with Gasteiger partial charge in [-0.2, -0.15) is 0 Å². The Balaban J connectivity index is 1.76. The summed E-state index contributed by atoms with van der Waals surface area (Å²) in [4.78, 5) is 1.75. The molecule has 0 saturated heterocycles. The van der Waals surface area contributed by atoms with Gasteiger partial charge in [0, 0.05) is 10.9 Å². The van der Waals surface area contributed by atoms with Crippen LogP contribution in [-0.4, -0.2) is 20.2 Å². The van der Waals surface area contributed by atoms with Gasteiger partial charge in [-0.15, -0.1) is 15.0 Å². The van der Waals surface area contributed by atoms with Crippen LogP contribution in [0.15, 0.2) is 115 Å². The van der Waals surface area contributed by atoms with E-state index in [0.717, 1.165) is 27.6 Å². The van der Waals surface area contributed by atoms with Crippen LogP contribution in [0.4, 0.5) is 0 Å². The Morgan fingerprint density at radius 1 is 0.625 bits per heavy atom. The fraction of sp³-hybridized carbons (Fsp3) is 0.0741. The van der Waals surface area contributed by atoms with E-state index in [9.17, 15) is 0 Å². The first-order valence-corrected chi connectivity index (χ1v) is 11.6. The quantitative estimate of drug-likeness (QED) is 0.218. The predicted octanol–water partition coefficient (Wildman–Crippen LogP) is 6.08. The molecule has 1 heterocycles. The summed E-state index contributed by atoms with van der Waals surface area (Å²) in [6, 6.07) is 39.3. The summed E-state index contributed by atoms with van der Waals surface area (Å²) in [6.45, 7) is 0. The van der Waals surface area contributed by atoms with Crippen LogP contribution in [0.5, 0.6) is 0 Å². The molecule has 0 spiro atoms. The highest BCUT2D eigenvalue weighted by Gasteiger charge is 2.41. The van der Waals surface area contributed by atoms with Gasteiger partial charge in [-0.3, -0.25) is 0 Å². The number of hydrogen-bond acceptors (Lipinski definition) is 3.